The highest BCUT2D eigenvalue weighted by atomic mass is 35.5. The monoisotopic (exact) mass is 481 g/mol. The molecule has 2 amide bonds. The number of methoxy groups -OCH3 is 1. The highest BCUT2D eigenvalue weighted by Crippen LogP contribution is 2.21. The molecule has 0 spiro atoms. The molecule has 174 valence electrons. The average Bonchev–Trinajstić information content (AvgIpc) is 2.75. The van der Waals surface area contributed by atoms with E-state index in [1.54, 1.807) is 57.4 Å². The molecule has 0 bridgehead atoms. The van der Waals surface area contributed by atoms with Gasteiger partial charge in [0.1, 0.15) is 18.3 Å². The molecule has 0 fully saturated rings. The third kappa shape index (κ3) is 6.86. The van der Waals surface area contributed by atoms with Crippen molar-refractivity contribution in [2.24, 2.45) is 0 Å². The van der Waals surface area contributed by atoms with Crippen LogP contribution in [0.15, 0.2) is 48.5 Å². The number of benzene rings is 2. The van der Waals surface area contributed by atoms with E-state index >= 15 is 0 Å². The standard InChI is InChI=1S/C22H28ClN3O5S/c1-5-24-22(28)16(2)25(14-17-6-12-20(31-3)13-7-17)21(27)15-26(32(4,29)30)19-10-8-18(23)9-11-19/h6-13,16H,5,14-15H2,1-4H3,(H,24,28)/t16-/m0/s1. The van der Waals surface area contributed by atoms with Crippen molar-refractivity contribution >= 4 is 39.1 Å². The van der Waals surface area contributed by atoms with Crippen LogP contribution in [0.3, 0.4) is 0 Å². The molecular formula is C22H28ClN3O5S. The molecule has 0 aliphatic heterocycles. The lowest BCUT2D eigenvalue weighted by molar-refractivity contribution is -0.139. The average molecular weight is 482 g/mol. The molecule has 0 aromatic heterocycles. The fourth-order valence-corrected chi connectivity index (χ4v) is 4.03. The Morgan fingerprint density at radius 2 is 1.69 bits per heavy atom. The van der Waals surface area contributed by atoms with Gasteiger partial charge in [0.25, 0.3) is 0 Å². The van der Waals surface area contributed by atoms with E-state index in [1.165, 1.54) is 17.0 Å². The first-order valence-electron chi connectivity index (χ1n) is 10.00. The summed E-state index contributed by atoms with van der Waals surface area (Å²) in [6.45, 7) is 3.47. The molecule has 0 heterocycles. The lowest BCUT2D eigenvalue weighted by Gasteiger charge is -2.31. The van der Waals surface area contributed by atoms with Gasteiger partial charge in [-0.05, 0) is 55.8 Å². The minimum absolute atomic E-state index is 0.124. The summed E-state index contributed by atoms with van der Waals surface area (Å²) >= 11 is 5.91. The third-order valence-corrected chi connectivity index (χ3v) is 6.22. The molecule has 2 aromatic rings. The number of nitrogens with zero attached hydrogens (tertiary/aromatic N) is 2. The molecule has 0 saturated heterocycles. The van der Waals surface area contributed by atoms with Crippen molar-refractivity contribution in [2.45, 2.75) is 26.4 Å². The SMILES string of the molecule is CCNC(=O)[C@H](C)N(Cc1ccc(OC)cc1)C(=O)CN(c1ccc(Cl)cc1)S(C)(=O)=O. The topological polar surface area (TPSA) is 96.0 Å². The summed E-state index contributed by atoms with van der Waals surface area (Å²) in [4.78, 5) is 27.2. The van der Waals surface area contributed by atoms with Gasteiger partial charge in [-0.3, -0.25) is 13.9 Å². The smallest absolute Gasteiger partial charge is 0.244 e. The molecule has 0 unspecified atom stereocenters. The van der Waals surface area contributed by atoms with Crippen molar-refractivity contribution in [2.75, 3.05) is 30.8 Å². The van der Waals surface area contributed by atoms with E-state index in [-0.39, 0.29) is 12.5 Å². The zero-order chi connectivity index (χ0) is 23.9. The number of ether oxygens (including phenoxy) is 1. The second-order valence-electron chi connectivity index (χ2n) is 7.19. The summed E-state index contributed by atoms with van der Waals surface area (Å²) in [5.74, 6) is -0.180. The Balaban J connectivity index is 2.35. The highest BCUT2D eigenvalue weighted by Gasteiger charge is 2.29. The van der Waals surface area contributed by atoms with Gasteiger partial charge in [-0.2, -0.15) is 0 Å². The van der Waals surface area contributed by atoms with Crippen LogP contribution in [0.1, 0.15) is 19.4 Å². The van der Waals surface area contributed by atoms with Gasteiger partial charge in [-0.25, -0.2) is 8.42 Å². The number of anilines is 1. The Morgan fingerprint density at radius 1 is 1.09 bits per heavy atom. The molecule has 1 atom stereocenters. The summed E-state index contributed by atoms with van der Waals surface area (Å²) in [5, 5.41) is 3.15. The lowest BCUT2D eigenvalue weighted by atomic mass is 10.1. The second kappa shape index (κ2) is 11.2. The van der Waals surface area contributed by atoms with Crippen LogP contribution in [-0.4, -0.2) is 57.6 Å². The molecular weight excluding hydrogens is 454 g/mol. The van der Waals surface area contributed by atoms with E-state index in [9.17, 15) is 18.0 Å². The van der Waals surface area contributed by atoms with Crippen LogP contribution in [0, 0.1) is 0 Å². The van der Waals surface area contributed by atoms with Crippen LogP contribution >= 0.6 is 11.6 Å². The maximum Gasteiger partial charge on any atom is 0.244 e. The number of amides is 2. The zero-order valence-corrected chi connectivity index (χ0v) is 20.1. The molecule has 2 rings (SSSR count). The first-order valence-corrected chi connectivity index (χ1v) is 12.2. The van der Waals surface area contributed by atoms with E-state index in [1.807, 2.05) is 0 Å². The first kappa shape index (κ1) is 25.5. The van der Waals surface area contributed by atoms with Gasteiger partial charge in [0.15, 0.2) is 0 Å². The lowest BCUT2D eigenvalue weighted by Crippen LogP contribution is -2.51. The Morgan fingerprint density at radius 3 is 2.19 bits per heavy atom. The maximum absolute atomic E-state index is 13.3. The number of hydrogen-bond donors (Lipinski definition) is 1. The first-order chi connectivity index (χ1) is 15.1. The van der Waals surface area contributed by atoms with Crippen LogP contribution < -0.4 is 14.4 Å². The predicted molar refractivity (Wildman–Crippen MR) is 125 cm³/mol. The summed E-state index contributed by atoms with van der Waals surface area (Å²) in [6.07, 6.45) is 1.02. The van der Waals surface area contributed by atoms with Crippen LogP contribution in [0.4, 0.5) is 5.69 Å². The number of halogens is 1. The fraction of sp³-hybridized carbons (Fsp3) is 0.364. The van der Waals surface area contributed by atoms with Crippen molar-refractivity contribution in [3.05, 3.63) is 59.1 Å². The number of carbonyl (C=O) groups excluding carboxylic acids is 2. The van der Waals surface area contributed by atoms with Crippen molar-refractivity contribution < 1.29 is 22.7 Å². The summed E-state index contributed by atoms with van der Waals surface area (Å²) in [5.41, 5.74) is 1.08. The van der Waals surface area contributed by atoms with E-state index in [0.29, 0.717) is 23.0 Å². The molecule has 2 aromatic carbocycles. The Kier molecular flexibility index (Phi) is 8.91. The van der Waals surface area contributed by atoms with Gasteiger partial charge in [0.05, 0.1) is 19.1 Å². The summed E-state index contributed by atoms with van der Waals surface area (Å²) < 4.78 is 31.0. The van der Waals surface area contributed by atoms with E-state index < -0.39 is 28.5 Å². The van der Waals surface area contributed by atoms with Crippen molar-refractivity contribution in [3.63, 3.8) is 0 Å². The van der Waals surface area contributed by atoms with Crippen LogP contribution in [0.25, 0.3) is 0 Å². The van der Waals surface area contributed by atoms with Crippen molar-refractivity contribution in [1.82, 2.24) is 10.2 Å². The van der Waals surface area contributed by atoms with Gasteiger partial charge in [0.2, 0.25) is 21.8 Å². The van der Waals surface area contributed by atoms with E-state index in [4.69, 9.17) is 16.3 Å². The summed E-state index contributed by atoms with van der Waals surface area (Å²) in [7, 11) is -2.22. The molecule has 32 heavy (non-hydrogen) atoms. The Bertz CT molecular complexity index is 1030. The maximum atomic E-state index is 13.3. The van der Waals surface area contributed by atoms with Gasteiger partial charge in [-0.1, -0.05) is 23.7 Å². The molecule has 1 N–H and O–H groups in total. The van der Waals surface area contributed by atoms with Crippen molar-refractivity contribution in [3.8, 4) is 5.75 Å². The molecule has 0 radical (unpaired) electrons. The second-order valence-corrected chi connectivity index (χ2v) is 9.53. The van der Waals surface area contributed by atoms with E-state index in [2.05, 4.69) is 5.32 Å². The molecule has 8 nitrogen and oxygen atoms in total. The minimum Gasteiger partial charge on any atom is -0.497 e. The predicted octanol–water partition coefficient (Wildman–Crippen LogP) is 2.67. The minimum atomic E-state index is -3.77. The Hall–Kier alpha value is -2.78. The van der Waals surface area contributed by atoms with Crippen LogP contribution in [0.2, 0.25) is 5.02 Å². The van der Waals surface area contributed by atoms with Gasteiger partial charge in [-0.15, -0.1) is 0 Å². The number of likely N-dealkylation sites (N-methyl/N-ethyl adjacent to an activating group) is 1. The number of carbonyl (C=O) groups is 2. The van der Waals surface area contributed by atoms with Crippen molar-refractivity contribution in [1.29, 1.82) is 0 Å². The quantitative estimate of drug-likeness (QED) is 0.562. The van der Waals surface area contributed by atoms with E-state index in [0.717, 1.165) is 16.1 Å². The normalized spacial score (nSPS) is 12.0. The van der Waals surface area contributed by atoms with Crippen LogP contribution in [0.5, 0.6) is 5.75 Å². The number of sulfonamides is 1. The van der Waals surface area contributed by atoms with Gasteiger partial charge < -0.3 is 15.0 Å². The molecule has 0 saturated carbocycles. The number of rotatable bonds is 10. The largest absolute Gasteiger partial charge is 0.497 e. The summed E-state index contributed by atoms with van der Waals surface area (Å²) in [6, 6.07) is 12.4. The highest BCUT2D eigenvalue weighted by molar-refractivity contribution is 7.92. The van der Waals surface area contributed by atoms with Crippen LogP contribution in [-0.2, 0) is 26.2 Å². The van der Waals surface area contributed by atoms with Gasteiger partial charge >= 0.3 is 0 Å². The molecule has 0 aliphatic rings. The molecule has 10 heteroatoms. The fourth-order valence-electron chi connectivity index (χ4n) is 3.05. The number of hydrogen-bond acceptors (Lipinski definition) is 5. The van der Waals surface area contributed by atoms with Gasteiger partial charge in [0, 0.05) is 18.1 Å². The zero-order valence-electron chi connectivity index (χ0n) is 18.5. The Labute approximate surface area is 194 Å². The third-order valence-electron chi connectivity index (χ3n) is 4.82. The molecule has 0 aliphatic carbocycles. The number of nitrogens with one attached hydrogen (secondary N) is 1.